The van der Waals surface area contributed by atoms with Gasteiger partial charge in [0.2, 0.25) is 23.6 Å². The molecule has 5 amide bonds. The third-order valence-corrected chi connectivity index (χ3v) is 11.1. The Morgan fingerprint density at radius 2 is 1.34 bits per heavy atom. The number of ether oxygens (including phenoxy) is 3. The van der Waals surface area contributed by atoms with Crippen LogP contribution < -0.4 is 21.3 Å². The highest BCUT2D eigenvalue weighted by Crippen LogP contribution is 2.24. The highest BCUT2D eigenvalue weighted by Gasteiger charge is 2.41. The van der Waals surface area contributed by atoms with Gasteiger partial charge in [0.1, 0.15) is 43.4 Å². The highest BCUT2D eigenvalue weighted by molar-refractivity contribution is 5.98. The first-order chi connectivity index (χ1) is 30.6. The van der Waals surface area contributed by atoms with Crippen molar-refractivity contribution in [1.82, 2.24) is 31.2 Å². The number of fused-ring (bicyclic) bond motifs is 1. The van der Waals surface area contributed by atoms with E-state index in [1.54, 1.807) is 38.1 Å². The zero-order valence-electron chi connectivity index (χ0n) is 37.3. The Labute approximate surface area is 373 Å². The highest BCUT2D eigenvalue weighted by atomic mass is 16.5. The summed E-state index contributed by atoms with van der Waals surface area (Å²) in [5.74, 6) is -4.53. The summed E-state index contributed by atoms with van der Waals surface area (Å²) in [5.41, 5.74) is 3.85. The number of alkyl carbamates (subject to hydrolysis) is 1. The van der Waals surface area contributed by atoms with E-state index < -0.39 is 84.2 Å². The van der Waals surface area contributed by atoms with Crippen LogP contribution in [0, 0.1) is 18.8 Å². The molecule has 5 N–H and O–H groups in total. The molecular weight excluding hydrogens is 821 g/mol. The molecule has 0 bridgehead atoms. The minimum atomic E-state index is -1.50. The molecule has 1 aromatic heterocycles. The number of nitrogens with zero attached hydrogens (tertiary/aromatic N) is 1. The molecule has 5 rings (SSSR count). The number of hydrogen-bond acceptors (Lipinski definition) is 10. The molecule has 2 heterocycles. The molecule has 0 unspecified atom stereocenters. The van der Waals surface area contributed by atoms with Crippen molar-refractivity contribution in [1.29, 1.82) is 0 Å². The lowest BCUT2D eigenvalue weighted by Crippen LogP contribution is -2.59. The van der Waals surface area contributed by atoms with Crippen molar-refractivity contribution in [3.63, 3.8) is 0 Å². The molecule has 1 saturated heterocycles. The van der Waals surface area contributed by atoms with Crippen molar-refractivity contribution >= 4 is 52.6 Å². The molecule has 64 heavy (non-hydrogen) atoms. The predicted molar refractivity (Wildman–Crippen MR) is 238 cm³/mol. The number of rotatable bonds is 20. The number of aromatic amines is 1. The number of methoxy groups -OCH3 is 1. The summed E-state index contributed by atoms with van der Waals surface area (Å²) < 4.78 is 15.9. The van der Waals surface area contributed by atoms with E-state index in [0.717, 1.165) is 40.4 Å². The van der Waals surface area contributed by atoms with Crippen LogP contribution in [0.4, 0.5) is 4.79 Å². The average Bonchev–Trinajstić information content (AvgIpc) is 3.90. The van der Waals surface area contributed by atoms with Gasteiger partial charge < -0.3 is 45.4 Å². The Hall–Kier alpha value is -6.71. The fourth-order valence-corrected chi connectivity index (χ4v) is 7.70. The van der Waals surface area contributed by atoms with Gasteiger partial charge in [-0.2, -0.15) is 0 Å². The summed E-state index contributed by atoms with van der Waals surface area (Å²) in [7, 11) is 1.15. The molecule has 4 aromatic rings. The maximum absolute atomic E-state index is 14.4. The summed E-state index contributed by atoms with van der Waals surface area (Å²) in [6.45, 7) is 9.25. The smallest absolute Gasteiger partial charge is 0.408 e. The molecule has 5 atom stereocenters. The standard InChI is InChI=1S/C48H60N6O10/c1-29(2)24-39(47(60)63-27-32-16-9-7-10-17-32)51-45(58)42(30(3)4)53-44(57)40-22-15-23-54(40)46(59)38(26-41(55)62-6)50-43(56)37(52-48(61)64-28-33-18-11-8-12-19-33)25-35-31(5)49-36-21-14-13-20-34(35)36/h7-14,16-21,29-30,37-40,42,49H,15,22-28H2,1-6H3,(H,50,56)(H,51,58)(H,52,61)(H,53,57)/t37-,38-,39+,40+,42-/m1/s1. The molecule has 16 heteroatoms. The molecule has 1 aliphatic rings. The Morgan fingerprint density at radius 3 is 1.97 bits per heavy atom. The van der Waals surface area contributed by atoms with Crippen LogP contribution in [-0.2, 0) is 62.6 Å². The van der Waals surface area contributed by atoms with Crippen molar-refractivity contribution in [2.45, 2.75) is 110 Å². The van der Waals surface area contributed by atoms with Crippen molar-refractivity contribution in [2.75, 3.05) is 13.7 Å². The number of aryl methyl sites for hydroxylation is 1. The Morgan fingerprint density at radius 1 is 0.734 bits per heavy atom. The molecule has 1 aliphatic heterocycles. The zero-order valence-corrected chi connectivity index (χ0v) is 37.3. The number of hydrogen-bond donors (Lipinski definition) is 5. The number of H-pyrrole nitrogens is 1. The second-order valence-corrected chi connectivity index (χ2v) is 16.8. The maximum atomic E-state index is 14.4. The first-order valence-electron chi connectivity index (χ1n) is 21.7. The van der Waals surface area contributed by atoms with Crippen molar-refractivity contribution in [3.8, 4) is 0 Å². The van der Waals surface area contributed by atoms with Gasteiger partial charge >= 0.3 is 18.0 Å². The van der Waals surface area contributed by atoms with Crippen molar-refractivity contribution in [3.05, 3.63) is 107 Å². The fourth-order valence-electron chi connectivity index (χ4n) is 7.70. The lowest BCUT2D eigenvalue weighted by atomic mass is 9.99. The second kappa shape index (κ2) is 23.1. The quantitative estimate of drug-likeness (QED) is 0.0606. The topological polar surface area (TPSA) is 214 Å². The van der Waals surface area contributed by atoms with Crippen LogP contribution in [0.3, 0.4) is 0 Å². The van der Waals surface area contributed by atoms with Crippen LogP contribution in [0.25, 0.3) is 10.9 Å². The van der Waals surface area contributed by atoms with E-state index in [1.165, 1.54) is 4.90 Å². The fraction of sp³-hybridized carbons (Fsp3) is 0.438. The predicted octanol–water partition coefficient (Wildman–Crippen LogP) is 4.77. The summed E-state index contributed by atoms with van der Waals surface area (Å²) in [5, 5.41) is 11.7. The minimum absolute atomic E-state index is 0.00255. The largest absolute Gasteiger partial charge is 0.469 e. The van der Waals surface area contributed by atoms with Crippen LogP contribution in [0.1, 0.15) is 75.8 Å². The van der Waals surface area contributed by atoms with Crippen LogP contribution in [-0.4, -0.2) is 95.4 Å². The van der Waals surface area contributed by atoms with Gasteiger partial charge in [0.25, 0.3) is 0 Å². The number of carbonyl (C=O) groups excluding carboxylic acids is 7. The summed E-state index contributed by atoms with van der Waals surface area (Å²) >= 11 is 0. The third-order valence-electron chi connectivity index (χ3n) is 11.1. The monoisotopic (exact) mass is 880 g/mol. The molecule has 0 aliphatic carbocycles. The van der Waals surface area contributed by atoms with Gasteiger partial charge in [0.15, 0.2) is 0 Å². The van der Waals surface area contributed by atoms with E-state index in [2.05, 4.69) is 26.3 Å². The van der Waals surface area contributed by atoms with Gasteiger partial charge in [0, 0.05) is 29.6 Å². The van der Waals surface area contributed by atoms with Crippen LogP contribution >= 0.6 is 0 Å². The Bertz CT molecular complexity index is 2240. The molecular formula is C48H60N6O10. The molecule has 342 valence electrons. The van der Waals surface area contributed by atoms with Crippen molar-refractivity contribution in [2.24, 2.45) is 11.8 Å². The summed E-state index contributed by atoms with van der Waals surface area (Å²) in [6.07, 6.45) is -0.500. The number of esters is 2. The number of aromatic nitrogens is 1. The van der Waals surface area contributed by atoms with Crippen LogP contribution in [0.15, 0.2) is 84.9 Å². The van der Waals surface area contributed by atoms with Gasteiger partial charge in [-0.15, -0.1) is 0 Å². The number of likely N-dealkylation sites (tertiary alicyclic amines) is 1. The number of carbonyl (C=O) groups is 7. The minimum Gasteiger partial charge on any atom is -0.469 e. The van der Waals surface area contributed by atoms with Crippen LogP contribution in [0.2, 0.25) is 0 Å². The molecule has 0 spiro atoms. The van der Waals surface area contributed by atoms with Crippen molar-refractivity contribution < 1.29 is 47.8 Å². The molecule has 3 aromatic carbocycles. The molecule has 0 radical (unpaired) electrons. The maximum Gasteiger partial charge on any atom is 0.408 e. The number of amides is 5. The Balaban J connectivity index is 1.31. The summed E-state index contributed by atoms with van der Waals surface area (Å²) in [6, 6.07) is 19.8. The normalized spacial score (nSPS) is 15.4. The third kappa shape index (κ3) is 13.4. The van der Waals surface area contributed by atoms with E-state index in [9.17, 15) is 33.6 Å². The lowest BCUT2D eigenvalue weighted by molar-refractivity contribution is -0.150. The van der Waals surface area contributed by atoms with Gasteiger partial charge in [-0.25, -0.2) is 9.59 Å². The molecule has 1 fully saturated rings. The molecule has 0 saturated carbocycles. The van der Waals surface area contributed by atoms with E-state index in [0.29, 0.717) is 12.8 Å². The van der Waals surface area contributed by atoms with E-state index in [4.69, 9.17) is 14.2 Å². The zero-order chi connectivity index (χ0) is 46.3. The van der Waals surface area contributed by atoms with Gasteiger partial charge in [0.05, 0.1) is 13.5 Å². The number of benzene rings is 3. The van der Waals surface area contributed by atoms with Gasteiger partial charge in [-0.3, -0.25) is 24.0 Å². The lowest BCUT2D eigenvalue weighted by Gasteiger charge is -2.31. The van der Waals surface area contributed by atoms with Crippen LogP contribution in [0.5, 0.6) is 0 Å². The molecule has 16 nitrogen and oxygen atoms in total. The number of nitrogens with one attached hydrogen (secondary N) is 5. The first-order valence-corrected chi connectivity index (χ1v) is 21.7. The van der Waals surface area contributed by atoms with E-state index >= 15 is 0 Å². The number of para-hydroxylation sites is 1. The SMILES string of the molecule is COC(=O)C[C@@H](NC(=O)[C@@H](Cc1c(C)[nH]c2ccccc12)NC(=O)OCc1ccccc1)C(=O)N1CCC[C@H]1C(=O)N[C@@H](C(=O)N[C@@H](CC(C)C)C(=O)OCc1ccccc1)C(C)C. The first kappa shape index (κ1) is 48.3. The average molecular weight is 881 g/mol. The van der Waals surface area contributed by atoms with E-state index in [1.807, 2.05) is 81.4 Å². The van der Waals surface area contributed by atoms with Gasteiger partial charge in [-0.05, 0) is 60.8 Å². The second-order valence-electron chi connectivity index (χ2n) is 16.8. The van der Waals surface area contributed by atoms with E-state index in [-0.39, 0.29) is 38.5 Å². The summed E-state index contributed by atoms with van der Waals surface area (Å²) in [4.78, 5) is 100. The van der Waals surface area contributed by atoms with Gasteiger partial charge in [-0.1, -0.05) is 107 Å². The Kier molecular flexibility index (Phi) is 17.4.